The van der Waals surface area contributed by atoms with Gasteiger partial charge in [-0.2, -0.15) is 0 Å². The number of carbonyl (C=O) groups excluding carboxylic acids is 10. The number of methoxy groups -OCH3 is 2. The number of rotatable bonds is 25. The lowest BCUT2D eigenvalue weighted by Gasteiger charge is -2.52. The molecule has 0 unspecified atom stereocenters. The lowest BCUT2D eigenvalue weighted by molar-refractivity contribution is -0.350. The second-order valence-corrected chi connectivity index (χ2v) is 25.6. The normalized spacial score (nSPS) is 24.4. The molecule has 3 amide bonds. The van der Waals surface area contributed by atoms with Crippen molar-refractivity contribution in [2.75, 3.05) is 34.0 Å². The molecule has 2 aliphatic heterocycles. The largest absolute Gasteiger partial charge is 0.465 e. The standard InChI is InChI=1S/C53H72N2O23Si/c1-30(56)54-43-39(75-49(64)38-21-17-14-18-22-38)25-52(50(65)67-8,71-23-24-79(10,11)12)77-47(43)45(63)41(28-69-27-37-19-15-13-16-20-37)76-53(51(66)68-9)26-40(72-34(5)60)44(55(31(2)57)32(3)58)48(78-53)46(74-36(7)62)42(73-35(6)61)29-70-33(4)59/h13-22,39-48,63H,23-29H2,1-12H3,(H,54,56)/t39-,40-,41+,42+,43+,44+,45+,46+,47+,48+,52+,53-/m0/s1. The molecule has 436 valence electrons. The summed E-state index contributed by atoms with van der Waals surface area (Å²) in [6.07, 6.45) is -17.6. The van der Waals surface area contributed by atoms with E-state index in [2.05, 4.69) is 5.32 Å². The minimum atomic E-state index is -3.07. The highest BCUT2D eigenvalue weighted by molar-refractivity contribution is 6.76. The zero-order valence-electron chi connectivity index (χ0n) is 46.4. The number of aliphatic hydroxyl groups is 1. The van der Waals surface area contributed by atoms with E-state index in [0.29, 0.717) is 16.5 Å². The number of esters is 7. The summed E-state index contributed by atoms with van der Waals surface area (Å²) in [5, 5.41) is 15.8. The van der Waals surface area contributed by atoms with Gasteiger partial charge in [0.2, 0.25) is 17.7 Å². The van der Waals surface area contributed by atoms with Gasteiger partial charge in [-0.25, -0.2) is 14.4 Å². The van der Waals surface area contributed by atoms with Gasteiger partial charge in [-0.1, -0.05) is 68.2 Å². The molecule has 2 aliphatic rings. The number of nitrogens with zero attached hydrogens (tertiary/aromatic N) is 1. The van der Waals surface area contributed by atoms with E-state index in [0.717, 1.165) is 62.7 Å². The maximum absolute atomic E-state index is 14.8. The minimum absolute atomic E-state index is 0.0557. The second kappa shape index (κ2) is 29.0. The monoisotopic (exact) mass is 1130 g/mol. The van der Waals surface area contributed by atoms with E-state index < -0.39 is 166 Å². The van der Waals surface area contributed by atoms with Crippen molar-refractivity contribution in [3.05, 3.63) is 71.8 Å². The molecule has 26 heteroatoms. The van der Waals surface area contributed by atoms with Crippen LogP contribution < -0.4 is 5.32 Å². The van der Waals surface area contributed by atoms with Gasteiger partial charge in [0.25, 0.3) is 11.6 Å². The highest BCUT2D eigenvalue weighted by Gasteiger charge is 2.64. The number of amides is 3. The number of aliphatic hydroxyl groups excluding tert-OH is 1. The van der Waals surface area contributed by atoms with Crippen LogP contribution in [0.25, 0.3) is 0 Å². The molecular weight excluding hydrogens is 1060 g/mol. The lowest BCUT2D eigenvalue weighted by Crippen LogP contribution is -2.72. The zero-order valence-corrected chi connectivity index (χ0v) is 47.4. The summed E-state index contributed by atoms with van der Waals surface area (Å²) in [6, 6.07) is 13.2. The first-order chi connectivity index (χ1) is 37.1. The molecule has 79 heavy (non-hydrogen) atoms. The summed E-state index contributed by atoms with van der Waals surface area (Å²) in [7, 11) is -0.00902. The molecule has 2 aromatic carbocycles. The predicted octanol–water partition coefficient (Wildman–Crippen LogP) is 2.47. The fourth-order valence-corrected chi connectivity index (χ4v) is 9.77. The maximum atomic E-state index is 14.8. The fraction of sp³-hybridized carbons (Fsp3) is 0.585. The van der Waals surface area contributed by atoms with Crippen molar-refractivity contribution in [3.8, 4) is 0 Å². The molecule has 25 nitrogen and oxygen atoms in total. The highest BCUT2D eigenvalue weighted by atomic mass is 28.3. The smallest absolute Gasteiger partial charge is 0.366 e. The Morgan fingerprint density at radius 3 is 1.76 bits per heavy atom. The molecule has 0 spiro atoms. The van der Waals surface area contributed by atoms with Crippen LogP contribution in [0.15, 0.2) is 60.7 Å². The molecule has 0 aromatic heterocycles. The molecule has 0 saturated carbocycles. The molecule has 0 aliphatic carbocycles. The Bertz CT molecular complexity index is 2460. The first-order valence-electron chi connectivity index (χ1n) is 25.2. The number of benzene rings is 2. The molecule has 0 bridgehead atoms. The van der Waals surface area contributed by atoms with Crippen LogP contribution >= 0.6 is 0 Å². The number of hydrogen-bond donors (Lipinski definition) is 2. The van der Waals surface area contributed by atoms with Gasteiger partial charge in [0, 0.05) is 63.1 Å². The summed E-state index contributed by atoms with van der Waals surface area (Å²) in [6.45, 7) is 11.0. The third-order valence-electron chi connectivity index (χ3n) is 12.4. The molecule has 2 N–H and O–H groups in total. The van der Waals surface area contributed by atoms with E-state index in [1.165, 1.54) is 12.1 Å². The molecule has 2 fully saturated rings. The Morgan fingerprint density at radius 2 is 1.24 bits per heavy atom. The number of nitrogens with one attached hydrogen (secondary N) is 1. The van der Waals surface area contributed by atoms with Gasteiger partial charge in [-0.05, 0) is 23.7 Å². The Hall–Kier alpha value is -6.68. The van der Waals surface area contributed by atoms with E-state index in [1.807, 2.05) is 19.6 Å². The third kappa shape index (κ3) is 18.2. The van der Waals surface area contributed by atoms with Crippen LogP contribution in [-0.2, 0) is 107 Å². The van der Waals surface area contributed by atoms with Crippen molar-refractivity contribution in [2.45, 2.75) is 166 Å². The molecule has 4 rings (SSSR count). The van der Waals surface area contributed by atoms with Crippen LogP contribution in [0.1, 0.15) is 77.2 Å². The van der Waals surface area contributed by atoms with Crippen LogP contribution in [0, 0.1) is 0 Å². The van der Waals surface area contributed by atoms with Gasteiger partial charge < -0.3 is 67.3 Å². The number of carbonyl (C=O) groups is 10. The second-order valence-electron chi connectivity index (χ2n) is 20.0. The van der Waals surface area contributed by atoms with Crippen molar-refractivity contribution in [1.82, 2.24) is 10.2 Å². The summed E-state index contributed by atoms with van der Waals surface area (Å²) in [5.74, 6) is -16.0. The average molecular weight is 1130 g/mol. The summed E-state index contributed by atoms with van der Waals surface area (Å²) in [5.41, 5.74) is 0.644. The first-order valence-corrected chi connectivity index (χ1v) is 28.9. The minimum Gasteiger partial charge on any atom is -0.465 e. The van der Waals surface area contributed by atoms with Gasteiger partial charge in [0.15, 0.2) is 12.2 Å². The fourth-order valence-electron chi connectivity index (χ4n) is 9.06. The van der Waals surface area contributed by atoms with E-state index in [9.17, 15) is 53.1 Å². The summed E-state index contributed by atoms with van der Waals surface area (Å²) < 4.78 is 71.1. The topological polar surface area (TPSA) is 317 Å². The summed E-state index contributed by atoms with van der Waals surface area (Å²) >= 11 is 0. The molecule has 12 atom stereocenters. The van der Waals surface area contributed by atoms with Crippen LogP contribution in [0.5, 0.6) is 0 Å². The van der Waals surface area contributed by atoms with Gasteiger partial charge in [0.1, 0.15) is 49.3 Å². The quantitative estimate of drug-likeness (QED) is 0.0819. The molecule has 2 aromatic rings. The van der Waals surface area contributed by atoms with Crippen molar-refractivity contribution >= 4 is 67.6 Å². The van der Waals surface area contributed by atoms with Gasteiger partial charge in [0.05, 0.1) is 51.9 Å². The van der Waals surface area contributed by atoms with E-state index in [-0.39, 0.29) is 18.8 Å². The average Bonchev–Trinajstić information content (AvgIpc) is 3.41. The van der Waals surface area contributed by atoms with Crippen molar-refractivity contribution in [2.24, 2.45) is 0 Å². The predicted molar refractivity (Wildman–Crippen MR) is 273 cm³/mol. The molecule has 2 heterocycles. The Morgan fingerprint density at radius 1 is 0.684 bits per heavy atom. The van der Waals surface area contributed by atoms with E-state index in [4.69, 9.17) is 56.8 Å². The summed E-state index contributed by atoms with van der Waals surface area (Å²) in [4.78, 5) is 135. The zero-order chi connectivity index (χ0) is 59.0. The van der Waals surface area contributed by atoms with Crippen LogP contribution in [0.4, 0.5) is 0 Å². The van der Waals surface area contributed by atoms with E-state index in [1.54, 1.807) is 48.5 Å². The van der Waals surface area contributed by atoms with Crippen molar-refractivity contribution < 1.29 is 110 Å². The maximum Gasteiger partial charge on any atom is 0.366 e. The van der Waals surface area contributed by atoms with Gasteiger partial charge >= 0.3 is 41.8 Å². The first kappa shape index (κ1) is 64.8. The number of hydrogen-bond acceptors (Lipinski definition) is 23. The van der Waals surface area contributed by atoms with Gasteiger partial charge in [-0.15, -0.1) is 0 Å². The van der Waals surface area contributed by atoms with Gasteiger partial charge in [-0.3, -0.25) is 38.5 Å². The molecular formula is C53H72N2O23Si. The Balaban J connectivity index is 2.09. The van der Waals surface area contributed by atoms with Crippen LogP contribution in [0.3, 0.4) is 0 Å². The number of imide groups is 1. The third-order valence-corrected chi connectivity index (χ3v) is 14.1. The van der Waals surface area contributed by atoms with E-state index >= 15 is 0 Å². The van der Waals surface area contributed by atoms with Crippen molar-refractivity contribution in [3.63, 3.8) is 0 Å². The Labute approximate surface area is 458 Å². The highest BCUT2D eigenvalue weighted by Crippen LogP contribution is 2.42. The lowest BCUT2D eigenvalue weighted by atomic mass is 9.86. The molecule has 0 radical (unpaired) electrons. The number of ether oxygens (including phenoxy) is 12. The Kier molecular flexibility index (Phi) is 23.8. The van der Waals surface area contributed by atoms with Crippen LogP contribution in [0.2, 0.25) is 25.7 Å². The van der Waals surface area contributed by atoms with Crippen LogP contribution in [-0.4, -0.2) is 184 Å². The SMILES string of the molecule is COC(=O)[C@@]1(OCC[Si](C)(C)C)C[C@H](OC(=O)c2ccccc2)[C@@H](NC(C)=O)[C@H]([C@H](O)[C@@H](COCc2ccccc2)O[C@@]2(C(=O)OC)C[C@H](OC(C)=O)[C@@H](N(C(C)=O)C(C)=O)[C@H]([C@H](OC(C)=O)[C@@H](COC(C)=O)OC(C)=O)O2)O1. The molecule has 2 saturated heterocycles. The van der Waals surface area contributed by atoms with Crippen molar-refractivity contribution in [1.29, 1.82) is 0 Å².